The quantitative estimate of drug-likeness (QED) is 0.748. The molecule has 0 heterocycles. The van der Waals surface area contributed by atoms with Crippen LogP contribution in [0.1, 0.15) is 59.3 Å². The summed E-state index contributed by atoms with van der Waals surface area (Å²) >= 11 is 2.07. The Morgan fingerprint density at radius 2 is 1.94 bits per heavy atom. The van der Waals surface area contributed by atoms with Gasteiger partial charge in [-0.15, -0.1) is 0 Å². The monoisotopic (exact) mass is 255 g/mol. The maximum Gasteiger partial charge on any atom is 0.0368 e. The summed E-state index contributed by atoms with van der Waals surface area (Å²) in [5.74, 6) is 1.20. The van der Waals surface area contributed by atoms with Crippen LogP contribution in [0.4, 0.5) is 0 Å². The van der Waals surface area contributed by atoms with E-state index in [9.17, 15) is 0 Å². The topological polar surface area (TPSA) is 12.0 Å². The molecular formula is C15H29NS. The van der Waals surface area contributed by atoms with Gasteiger partial charge in [-0.3, -0.25) is 0 Å². The predicted octanol–water partition coefficient (Wildman–Crippen LogP) is 4.39. The summed E-state index contributed by atoms with van der Waals surface area (Å²) < 4.78 is 0.372. The van der Waals surface area contributed by atoms with Gasteiger partial charge in [0.15, 0.2) is 0 Å². The van der Waals surface area contributed by atoms with Crippen molar-refractivity contribution in [2.75, 3.05) is 12.8 Å². The van der Waals surface area contributed by atoms with Gasteiger partial charge in [0.25, 0.3) is 0 Å². The summed E-state index contributed by atoms with van der Waals surface area (Å²) in [5, 5.41) is 3.50. The van der Waals surface area contributed by atoms with Gasteiger partial charge < -0.3 is 5.32 Å². The molecule has 1 aliphatic carbocycles. The Bertz CT molecular complexity index is 240. The Kier molecular flexibility index (Phi) is 6.65. The second-order valence-electron chi connectivity index (χ2n) is 6.00. The lowest BCUT2D eigenvalue weighted by molar-refractivity contribution is 0.582. The number of allylic oxidation sites excluding steroid dienone is 1. The SMILES string of the molecule is CNC(CSC(C)(C)C)C1=CCCCCCC1. The molecule has 0 saturated carbocycles. The van der Waals surface area contributed by atoms with Crippen LogP contribution < -0.4 is 5.32 Å². The summed E-state index contributed by atoms with van der Waals surface area (Å²) in [4.78, 5) is 0. The van der Waals surface area contributed by atoms with Gasteiger partial charge in [0.1, 0.15) is 0 Å². The van der Waals surface area contributed by atoms with Crippen LogP contribution in [0.15, 0.2) is 11.6 Å². The standard InChI is InChI=1S/C15H29NS/c1-15(2,3)17-12-14(16-4)13-10-8-6-5-7-9-11-13/h10,14,16H,5-9,11-12H2,1-4H3. The molecule has 0 fully saturated rings. The zero-order chi connectivity index (χ0) is 12.7. The van der Waals surface area contributed by atoms with Crippen LogP contribution in [-0.2, 0) is 0 Å². The van der Waals surface area contributed by atoms with Crippen molar-refractivity contribution in [3.05, 3.63) is 11.6 Å². The van der Waals surface area contributed by atoms with Gasteiger partial charge >= 0.3 is 0 Å². The molecule has 0 radical (unpaired) electrons. The Hall–Kier alpha value is 0.0500. The van der Waals surface area contributed by atoms with E-state index < -0.39 is 0 Å². The van der Waals surface area contributed by atoms with Crippen LogP contribution in [-0.4, -0.2) is 23.6 Å². The molecule has 0 bridgehead atoms. The van der Waals surface area contributed by atoms with E-state index >= 15 is 0 Å². The molecule has 0 aromatic rings. The van der Waals surface area contributed by atoms with Gasteiger partial charge in [-0.05, 0) is 32.7 Å². The fourth-order valence-electron chi connectivity index (χ4n) is 2.24. The van der Waals surface area contributed by atoms with Gasteiger partial charge in [-0.2, -0.15) is 11.8 Å². The Morgan fingerprint density at radius 1 is 1.24 bits per heavy atom. The molecule has 17 heavy (non-hydrogen) atoms. The highest BCUT2D eigenvalue weighted by Crippen LogP contribution is 2.27. The lowest BCUT2D eigenvalue weighted by atomic mass is 9.96. The van der Waals surface area contributed by atoms with E-state index in [-0.39, 0.29) is 0 Å². The minimum atomic E-state index is 0.372. The first kappa shape index (κ1) is 15.1. The normalized spacial score (nSPS) is 20.4. The highest BCUT2D eigenvalue weighted by molar-refractivity contribution is 8.00. The number of hydrogen-bond acceptors (Lipinski definition) is 2. The third-order valence-electron chi connectivity index (χ3n) is 3.31. The van der Waals surface area contributed by atoms with Gasteiger partial charge in [0, 0.05) is 16.5 Å². The average Bonchev–Trinajstić information content (AvgIpc) is 2.19. The highest BCUT2D eigenvalue weighted by Gasteiger charge is 2.17. The lowest BCUT2D eigenvalue weighted by Gasteiger charge is -2.25. The van der Waals surface area contributed by atoms with Gasteiger partial charge in [0.2, 0.25) is 0 Å². The van der Waals surface area contributed by atoms with E-state index in [2.05, 4.69) is 51.0 Å². The van der Waals surface area contributed by atoms with E-state index in [4.69, 9.17) is 0 Å². The van der Waals surface area contributed by atoms with Crippen molar-refractivity contribution in [2.45, 2.75) is 70.1 Å². The molecule has 1 nitrogen and oxygen atoms in total. The fraction of sp³-hybridized carbons (Fsp3) is 0.867. The minimum Gasteiger partial charge on any atom is -0.313 e. The zero-order valence-electron chi connectivity index (χ0n) is 12.0. The zero-order valence-corrected chi connectivity index (χ0v) is 12.8. The van der Waals surface area contributed by atoms with Crippen molar-refractivity contribution in [2.24, 2.45) is 0 Å². The largest absolute Gasteiger partial charge is 0.313 e. The number of likely N-dealkylation sites (N-methyl/N-ethyl adjacent to an activating group) is 1. The van der Waals surface area contributed by atoms with Gasteiger partial charge in [-0.25, -0.2) is 0 Å². The number of hydrogen-bond donors (Lipinski definition) is 1. The van der Waals surface area contributed by atoms with E-state index in [1.165, 1.54) is 44.3 Å². The van der Waals surface area contributed by atoms with Crippen LogP contribution in [0.5, 0.6) is 0 Å². The molecule has 0 spiro atoms. The summed E-state index contributed by atoms with van der Waals surface area (Å²) in [6, 6.07) is 0.581. The van der Waals surface area contributed by atoms with Crippen LogP contribution in [0, 0.1) is 0 Å². The Labute approximate surface area is 112 Å². The first-order valence-corrected chi connectivity index (χ1v) is 8.01. The second-order valence-corrected chi connectivity index (χ2v) is 7.84. The molecule has 2 heteroatoms. The summed E-state index contributed by atoms with van der Waals surface area (Å²) in [5.41, 5.74) is 1.66. The predicted molar refractivity (Wildman–Crippen MR) is 80.8 cm³/mol. The minimum absolute atomic E-state index is 0.372. The third kappa shape index (κ3) is 6.52. The average molecular weight is 255 g/mol. The van der Waals surface area contributed by atoms with Crippen molar-refractivity contribution in [1.29, 1.82) is 0 Å². The summed E-state index contributed by atoms with van der Waals surface area (Å²) in [7, 11) is 2.10. The van der Waals surface area contributed by atoms with Crippen molar-refractivity contribution in [1.82, 2.24) is 5.32 Å². The third-order valence-corrected chi connectivity index (χ3v) is 4.67. The second kappa shape index (κ2) is 7.48. The van der Waals surface area contributed by atoms with E-state index in [1.54, 1.807) is 5.57 Å². The maximum atomic E-state index is 3.50. The molecule has 100 valence electrons. The van der Waals surface area contributed by atoms with Crippen molar-refractivity contribution in [3.63, 3.8) is 0 Å². The van der Waals surface area contributed by atoms with Crippen molar-refractivity contribution in [3.8, 4) is 0 Å². The lowest BCUT2D eigenvalue weighted by Crippen LogP contribution is -2.31. The van der Waals surface area contributed by atoms with Gasteiger partial charge in [0.05, 0.1) is 0 Å². The molecule has 1 unspecified atom stereocenters. The van der Waals surface area contributed by atoms with E-state index in [0.717, 1.165) is 0 Å². The Balaban J connectivity index is 2.52. The molecule has 0 amide bonds. The molecule has 0 aliphatic heterocycles. The molecule has 1 rings (SSSR count). The number of nitrogens with one attached hydrogen (secondary N) is 1. The maximum absolute atomic E-state index is 3.50. The smallest absolute Gasteiger partial charge is 0.0368 e. The van der Waals surface area contributed by atoms with Crippen molar-refractivity contribution >= 4 is 11.8 Å². The molecule has 1 aliphatic rings. The highest BCUT2D eigenvalue weighted by atomic mass is 32.2. The first-order valence-electron chi connectivity index (χ1n) is 7.03. The van der Waals surface area contributed by atoms with Crippen LogP contribution in [0.2, 0.25) is 0 Å². The summed E-state index contributed by atoms with van der Waals surface area (Å²) in [6.07, 6.45) is 10.7. The fourth-order valence-corrected chi connectivity index (χ4v) is 3.29. The first-order chi connectivity index (χ1) is 8.03. The molecule has 1 N–H and O–H groups in total. The van der Waals surface area contributed by atoms with Crippen LogP contribution >= 0.6 is 11.8 Å². The molecular weight excluding hydrogens is 226 g/mol. The van der Waals surface area contributed by atoms with Crippen LogP contribution in [0.3, 0.4) is 0 Å². The number of thioether (sulfide) groups is 1. The number of rotatable bonds is 4. The molecule has 0 aromatic carbocycles. The molecule has 1 atom stereocenters. The molecule has 0 saturated heterocycles. The van der Waals surface area contributed by atoms with Crippen molar-refractivity contribution < 1.29 is 0 Å². The van der Waals surface area contributed by atoms with Gasteiger partial charge in [-0.1, -0.05) is 45.3 Å². The van der Waals surface area contributed by atoms with E-state index in [1.807, 2.05) is 0 Å². The van der Waals surface area contributed by atoms with E-state index in [0.29, 0.717) is 10.8 Å². The van der Waals surface area contributed by atoms with Crippen LogP contribution in [0.25, 0.3) is 0 Å². The Morgan fingerprint density at radius 3 is 2.59 bits per heavy atom. The summed E-state index contributed by atoms with van der Waals surface area (Å²) in [6.45, 7) is 6.91. The molecule has 0 aromatic heterocycles.